The molecule has 0 fully saturated rings. The van der Waals surface area contributed by atoms with Crippen LogP contribution in [0.1, 0.15) is 201 Å². The summed E-state index contributed by atoms with van der Waals surface area (Å²) in [6, 6.07) is 0. The molecule has 0 aromatic rings. The Morgan fingerprint density at radius 1 is 0.323 bits per heavy atom. The Hall–Kier alpha value is -4.45. The van der Waals surface area contributed by atoms with E-state index < -0.39 is 6.10 Å². The average Bonchev–Trinajstić information content (AvgIpc) is 3.30. The Morgan fingerprint density at radius 2 is 0.615 bits per heavy atom. The van der Waals surface area contributed by atoms with E-state index in [2.05, 4.69) is 154 Å². The van der Waals surface area contributed by atoms with Gasteiger partial charge in [0.25, 0.3) is 0 Å². The molecule has 0 spiro atoms. The number of carbonyl (C=O) groups is 3. The van der Waals surface area contributed by atoms with Gasteiger partial charge in [-0.05, 0) is 122 Å². The predicted octanol–water partition coefficient (Wildman–Crippen LogP) is 17.1. The maximum absolute atomic E-state index is 12.8. The molecule has 0 bridgehead atoms. The molecule has 0 saturated heterocycles. The molecule has 0 aromatic heterocycles. The highest BCUT2D eigenvalue weighted by molar-refractivity contribution is 5.71. The van der Waals surface area contributed by atoms with Crippen LogP contribution in [-0.4, -0.2) is 37.2 Å². The zero-order chi connectivity index (χ0) is 47.2. The normalized spacial score (nSPS) is 13.2. The van der Waals surface area contributed by atoms with Crippen LogP contribution in [0.2, 0.25) is 0 Å². The monoisotopic (exact) mass is 897 g/mol. The summed E-state index contributed by atoms with van der Waals surface area (Å²) in [6.45, 7) is 6.26. The summed E-state index contributed by atoms with van der Waals surface area (Å²) in [6.07, 6.45) is 73.0. The van der Waals surface area contributed by atoms with Gasteiger partial charge in [0.15, 0.2) is 6.10 Å². The Balaban J connectivity index is 4.56. The summed E-state index contributed by atoms with van der Waals surface area (Å²) in [4.78, 5) is 37.9. The number of ether oxygens (including phenoxy) is 3. The first-order valence-corrected chi connectivity index (χ1v) is 25.7. The summed E-state index contributed by atoms with van der Waals surface area (Å²) in [5.41, 5.74) is 0. The standard InChI is InChI=1S/C59H92O6/c1-4-7-10-13-16-19-22-24-26-28-29-31-33-35-38-41-44-47-50-53-59(62)65-56(54-63-57(60)51-48-45-42-39-36-21-18-15-12-9-6-3)55-64-58(61)52-49-46-43-40-37-34-32-30-27-25-23-20-17-14-11-8-5-2/h7-8,10-11,15-20,24-27,29,31-32,34-35,38,40,43,56H,4-6,9,12-14,21-23,28,30,33,36-37,39,41-42,44-55H2,1-3H3/b10-7-,11-8-,18-15-,19-16-,20-17-,26-24-,27-25-,31-29-,34-32-,38-35-,43-40-/t56-/m0/s1. The molecule has 0 aliphatic heterocycles. The molecule has 0 aliphatic rings. The summed E-state index contributed by atoms with van der Waals surface area (Å²) in [7, 11) is 0. The third-order valence-corrected chi connectivity index (χ3v) is 10.1. The number of hydrogen-bond donors (Lipinski definition) is 0. The fraction of sp³-hybridized carbons (Fsp3) is 0.576. The number of hydrogen-bond acceptors (Lipinski definition) is 6. The molecule has 0 amide bonds. The van der Waals surface area contributed by atoms with Crippen molar-refractivity contribution in [1.29, 1.82) is 0 Å². The third kappa shape index (κ3) is 50.4. The minimum absolute atomic E-state index is 0.119. The first-order chi connectivity index (χ1) is 32.0. The van der Waals surface area contributed by atoms with E-state index in [1.165, 1.54) is 25.7 Å². The molecule has 0 aromatic carbocycles. The first kappa shape index (κ1) is 60.6. The van der Waals surface area contributed by atoms with Crippen molar-refractivity contribution in [1.82, 2.24) is 0 Å². The molecule has 0 rings (SSSR count). The fourth-order valence-corrected chi connectivity index (χ4v) is 6.31. The zero-order valence-corrected chi connectivity index (χ0v) is 41.4. The smallest absolute Gasteiger partial charge is 0.306 e. The minimum atomic E-state index is -0.826. The molecule has 0 saturated carbocycles. The molecule has 0 radical (unpaired) electrons. The van der Waals surface area contributed by atoms with Crippen molar-refractivity contribution in [3.05, 3.63) is 134 Å². The van der Waals surface area contributed by atoms with E-state index in [0.29, 0.717) is 19.3 Å². The van der Waals surface area contributed by atoms with E-state index in [4.69, 9.17) is 14.2 Å². The van der Waals surface area contributed by atoms with Gasteiger partial charge in [0.2, 0.25) is 0 Å². The van der Waals surface area contributed by atoms with E-state index in [1.54, 1.807) is 0 Å². The van der Waals surface area contributed by atoms with Gasteiger partial charge < -0.3 is 14.2 Å². The van der Waals surface area contributed by atoms with Crippen molar-refractivity contribution in [2.24, 2.45) is 0 Å². The second kappa shape index (κ2) is 52.2. The highest BCUT2D eigenvalue weighted by Crippen LogP contribution is 2.11. The van der Waals surface area contributed by atoms with Gasteiger partial charge in [-0.2, -0.15) is 0 Å². The molecule has 6 heteroatoms. The largest absolute Gasteiger partial charge is 0.462 e. The van der Waals surface area contributed by atoms with Crippen LogP contribution in [0.25, 0.3) is 0 Å². The van der Waals surface area contributed by atoms with Gasteiger partial charge in [0.1, 0.15) is 13.2 Å². The van der Waals surface area contributed by atoms with Crippen LogP contribution in [-0.2, 0) is 28.6 Å². The van der Waals surface area contributed by atoms with E-state index >= 15 is 0 Å². The molecule has 0 N–H and O–H groups in total. The van der Waals surface area contributed by atoms with Crippen molar-refractivity contribution in [2.75, 3.05) is 13.2 Å². The maximum atomic E-state index is 12.8. The summed E-state index contributed by atoms with van der Waals surface area (Å²) < 4.78 is 16.7. The molecule has 0 heterocycles. The number of allylic oxidation sites excluding steroid dienone is 22. The molecule has 0 unspecified atom stereocenters. The number of rotatable bonds is 44. The second-order valence-electron chi connectivity index (χ2n) is 16.3. The molecular weight excluding hydrogens is 805 g/mol. The van der Waals surface area contributed by atoms with Crippen molar-refractivity contribution < 1.29 is 28.6 Å². The summed E-state index contributed by atoms with van der Waals surface area (Å²) in [5, 5.41) is 0. The maximum Gasteiger partial charge on any atom is 0.306 e. The first-order valence-electron chi connectivity index (χ1n) is 25.7. The van der Waals surface area contributed by atoms with E-state index in [0.717, 1.165) is 122 Å². The van der Waals surface area contributed by atoms with Gasteiger partial charge in [0.05, 0.1) is 0 Å². The van der Waals surface area contributed by atoms with Crippen LogP contribution in [0.3, 0.4) is 0 Å². The quantitative estimate of drug-likeness (QED) is 0.0262. The SMILES string of the molecule is CC/C=C\C/C=C\C/C=C\C/C=C\C/C=C\CCCCCC(=O)O[C@H](COC(=O)CCC/C=C\C/C=C\C/C=C\C/C=C\C/C=C\CC)COC(=O)CCCCCCC/C=C\CCCC. The third-order valence-electron chi connectivity index (χ3n) is 10.1. The summed E-state index contributed by atoms with van der Waals surface area (Å²) in [5.74, 6) is -1.03. The van der Waals surface area contributed by atoms with Crippen LogP contribution in [0.5, 0.6) is 0 Å². The number of carbonyl (C=O) groups excluding carboxylic acids is 3. The van der Waals surface area contributed by atoms with Crippen LogP contribution in [0.4, 0.5) is 0 Å². The van der Waals surface area contributed by atoms with Gasteiger partial charge in [-0.25, -0.2) is 0 Å². The molecule has 364 valence electrons. The number of unbranched alkanes of at least 4 members (excludes halogenated alkanes) is 11. The fourth-order valence-electron chi connectivity index (χ4n) is 6.31. The highest BCUT2D eigenvalue weighted by Gasteiger charge is 2.19. The van der Waals surface area contributed by atoms with Crippen LogP contribution in [0.15, 0.2) is 134 Å². The second-order valence-corrected chi connectivity index (χ2v) is 16.3. The molecular formula is C59H92O6. The molecule has 0 aliphatic carbocycles. The number of esters is 3. The lowest BCUT2D eigenvalue weighted by Crippen LogP contribution is -2.30. The van der Waals surface area contributed by atoms with Gasteiger partial charge in [0, 0.05) is 19.3 Å². The van der Waals surface area contributed by atoms with Crippen LogP contribution < -0.4 is 0 Å². The molecule has 1 atom stereocenters. The lowest BCUT2D eigenvalue weighted by molar-refractivity contribution is -0.167. The Kier molecular flexibility index (Phi) is 48.6. The lowest BCUT2D eigenvalue weighted by Gasteiger charge is -2.18. The Bertz CT molecular complexity index is 1450. The van der Waals surface area contributed by atoms with Gasteiger partial charge in [-0.15, -0.1) is 0 Å². The van der Waals surface area contributed by atoms with Gasteiger partial charge >= 0.3 is 17.9 Å². The average molecular weight is 897 g/mol. The topological polar surface area (TPSA) is 78.9 Å². The van der Waals surface area contributed by atoms with E-state index in [1.807, 2.05) is 0 Å². The van der Waals surface area contributed by atoms with Gasteiger partial charge in [-0.1, -0.05) is 193 Å². The van der Waals surface area contributed by atoms with Crippen LogP contribution in [0, 0.1) is 0 Å². The van der Waals surface area contributed by atoms with Crippen LogP contribution >= 0.6 is 0 Å². The van der Waals surface area contributed by atoms with E-state index in [-0.39, 0.29) is 44.0 Å². The van der Waals surface area contributed by atoms with Crippen molar-refractivity contribution >= 4 is 17.9 Å². The van der Waals surface area contributed by atoms with Gasteiger partial charge in [-0.3, -0.25) is 14.4 Å². The molecule has 65 heavy (non-hydrogen) atoms. The van der Waals surface area contributed by atoms with E-state index in [9.17, 15) is 14.4 Å². The summed E-state index contributed by atoms with van der Waals surface area (Å²) >= 11 is 0. The minimum Gasteiger partial charge on any atom is -0.462 e. The predicted molar refractivity (Wildman–Crippen MR) is 279 cm³/mol. The van der Waals surface area contributed by atoms with Crippen molar-refractivity contribution in [2.45, 2.75) is 207 Å². The lowest BCUT2D eigenvalue weighted by atomic mass is 10.1. The molecule has 6 nitrogen and oxygen atoms in total. The Morgan fingerprint density at radius 3 is 1.03 bits per heavy atom. The highest BCUT2D eigenvalue weighted by atomic mass is 16.6. The van der Waals surface area contributed by atoms with Crippen molar-refractivity contribution in [3.8, 4) is 0 Å². The zero-order valence-electron chi connectivity index (χ0n) is 41.4. The van der Waals surface area contributed by atoms with Crippen molar-refractivity contribution in [3.63, 3.8) is 0 Å². The Labute approximate surface area is 398 Å².